The molecule has 3 heterocycles. The summed E-state index contributed by atoms with van der Waals surface area (Å²) in [7, 11) is 0. The lowest BCUT2D eigenvalue weighted by Gasteiger charge is -2.34. The zero-order valence-corrected chi connectivity index (χ0v) is 18.8. The van der Waals surface area contributed by atoms with Gasteiger partial charge in [0.05, 0.1) is 11.7 Å². The summed E-state index contributed by atoms with van der Waals surface area (Å²) in [6.45, 7) is 1.36. The molecule has 1 aromatic heterocycles. The summed E-state index contributed by atoms with van der Waals surface area (Å²) in [5.41, 5.74) is -0.882. The van der Waals surface area contributed by atoms with Crippen molar-refractivity contribution in [2.75, 3.05) is 17.2 Å². The number of thioether (sulfide) groups is 1. The summed E-state index contributed by atoms with van der Waals surface area (Å²) in [5.74, 6) is -3.38. The third-order valence-electron chi connectivity index (χ3n) is 5.99. The van der Waals surface area contributed by atoms with E-state index in [2.05, 4.69) is 5.32 Å². The van der Waals surface area contributed by atoms with Crippen molar-refractivity contribution in [3.8, 4) is 5.75 Å². The largest absolute Gasteiger partial charge is 0.503 e. The van der Waals surface area contributed by atoms with Crippen LogP contribution in [-0.2, 0) is 6.54 Å². The predicted octanol–water partition coefficient (Wildman–Crippen LogP) is 3.38. The lowest BCUT2D eigenvalue weighted by atomic mass is 10.1. The Kier molecular flexibility index (Phi) is 5.40. The van der Waals surface area contributed by atoms with Crippen LogP contribution < -0.4 is 15.6 Å². The van der Waals surface area contributed by atoms with E-state index in [1.54, 1.807) is 6.07 Å². The Hall–Kier alpha value is -3.66. The van der Waals surface area contributed by atoms with E-state index in [9.17, 15) is 28.3 Å². The number of aromatic nitrogens is 1. The van der Waals surface area contributed by atoms with Gasteiger partial charge >= 0.3 is 0 Å². The van der Waals surface area contributed by atoms with E-state index in [-0.39, 0.29) is 17.3 Å². The Labute approximate surface area is 197 Å². The Morgan fingerprint density at radius 2 is 1.91 bits per heavy atom. The zero-order chi connectivity index (χ0) is 24.1. The van der Waals surface area contributed by atoms with Crippen LogP contribution in [0.3, 0.4) is 0 Å². The van der Waals surface area contributed by atoms with Crippen LogP contribution in [0.2, 0.25) is 0 Å². The maximum Gasteiger partial charge on any atom is 0.279 e. The lowest BCUT2D eigenvalue weighted by molar-refractivity contribution is 0.0931. The van der Waals surface area contributed by atoms with Gasteiger partial charge in [-0.15, -0.1) is 11.8 Å². The summed E-state index contributed by atoms with van der Waals surface area (Å²) in [6, 6.07) is 9.34. The van der Waals surface area contributed by atoms with Crippen LogP contribution in [0.25, 0.3) is 0 Å². The van der Waals surface area contributed by atoms with Gasteiger partial charge in [-0.2, -0.15) is 0 Å². The number of nitrogens with zero attached hydrogens (tertiary/aromatic N) is 2. The standard InChI is InChI=1S/C24H19F2N3O4S/c1-12-6-16(25)14(17(26)7-12)8-27-23(32)15-10-28-13-9-29(24(33)20(28)22(31)21(15)30)18-4-2-3-5-19(18)34-11-13/h2-7,10,13,31H,8-9,11H2,1H3,(H,27,32). The molecule has 2 N–H and O–H groups in total. The number of fused-ring (bicyclic) bond motifs is 6. The number of amides is 2. The molecule has 0 saturated carbocycles. The van der Waals surface area contributed by atoms with E-state index in [4.69, 9.17) is 0 Å². The van der Waals surface area contributed by atoms with Crippen molar-refractivity contribution in [2.45, 2.75) is 24.4 Å². The third kappa shape index (κ3) is 3.54. The highest BCUT2D eigenvalue weighted by molar-refractivity contribution is 7.99. The minimum atomic E-state index is -1.03. The Morgan fingerprint density at radius 3 is 2.65 bits per heavy atom. The van der Waals surface area contributed by atoms with Crippen molar-refractivity contribution >= 4 is 29.3 Å². The number of nitrogens with one attached hydrogen (secondary N) is 1. The number of hydrogen-bond acceptors (Lipinski definition) is 5. The summed E-state index contributed by atoms with van der Waals surface area (Å²) < 4.78 is 29.7. The first-order valence-corrected chi connectivity index (χ1v) is 11.5. The maximum atomic E-state index is 14.1. The maximum absolute atomic E-state index is 14.1. The number of carbonyl (C=O) groups excluding carboxylic acids is 2. The summed E-state index contributed by atoms with van der Waals surface area (Å²) >= 11 is 1.53. The van der Waals surface area contributed by atoms with Gasteiger partial charge in [-0.3, -0.25) is 14.4 Å². The van der Waals surface area contributed by atoms with Crippen LogP contribution in [0.1, 0.15) is 38.0 Å². The van der Waals surface area contributed by atoms with Crippen molar-refractivity contribution in [3.05, 3.63) is 86.8 Å². The minimum Gasteiger partial charge on any atom is -0.503 e. The molecule has 0 spiro atoms. The molecule has 1 unspecified atom stereocenters. The molecule has 2 amide bonds. The van der Waals surface area contributed by atoms with Gasteiger partial charge < -0.3 is 19.9 Å². The normalized spacial score (nSPS) is 16.5. The van der Waals surface area contributed by atoms with Gasteiger partial charge in [0, 0.05) is 35.5 Å². The van der Waals surface area contributed by atoms with Gasteiger partial charge in [0.15, 0.2) is 11.4 Å². The van der Waals surface area contributed by atoms with Crippen LogP contribution in [0.15, 0.2) is 52.3 Å². The molecular weight excluding hydrogens is 464 g/mol. The highest BCUT2D eigenvalue weighted by atomic mass is 32.2. The van der Waals surface area contributed by atoms with Crippen LogP contribution in [0, 0.1) is 18.6 Å². The van der Waals surface area contributed by atoms with Crippen molar-refractivity contribution in [1.29, 1.82) is 0 Å². The number of halogens is 2. The van der Waals surface area contributed by atoms with E-state index < -0.39 is 46.7 Å². The van der Waals surface area contributed by atoms with Gasteiger partial charge in [-0.05, 0) is 36.8 Å². The van der Waals surface area contributed by atoms with E-state index in [1.165, 1.54) is 34.3 Å². The molecule has 0 saturated heterocycles. The number of rotatable bonds is 3. The van der Waals surface area contributed by atoms with Gasteiger partial charge in [0.1, 0.15) is 17.2 Å². The van der Waals surface area contributed by atoms with Crippen LogP contribution in [-0.4, -0.2) is 33.8 Å². The monoisotopic (exact) mass is 483 g/mol. The molecule has 3 aromatic rings. The highest BCUT2D eigenvalue weighted by Crippen LogP contribution is 2.41. The molecule has 0 fully saturated rings. The molecule has 2 aromatic carbocycles. The number of benzene rings is 2. The summed E-state index contributed by atoms with van der Waals surface area (Å²) in [4.78, 5) is 41.3. The summed E-state index contributed by atoms with van der Waals surface area (Å²) in [6.07, 6.45) is 1.24. The number of anilines is 1. The average molecular weight is 483 g/mol. The SMILES string of the molecule is Cc1cc(F)c(CNC(=O)c2cn3c(c(O)c2=O)C(=O)N2CC3CSc3ccccc32)c(F)c1. The second-order valence-corrected chi connectivity index (χ2v) is 9.28. The first kappa shape index (κ1) is 22.1. The second-order valence-electron chi connectivity index (χ2n) is 8.21. The molecule has 10 heteroatoms. The fraction of sp³-hybridized carbons (Fsp3) is 0.208. The number of pyridine rings is 1. The van der Waals surface area contributed by atoms with Gasteiger partial charge in [0.25, 0.3) is 11.8 Å². The predicted molar refractivity (Wildman–Crippen MR) is 123 cm³/mol. The first-order chi connectivity index (χ1) is 16.3. The van der Waals surface area contributed by atoms with Gasteiger partial charge in [0.2, 0.25) is 5.43 Å². The molecule has 34 heavy (non-hydrogen) atoms. The summed E-state index contributed by atoms with van der Waals surface area (Å²) in [5, 5.41) is 13.0. The zero-order valence-electron chi connectivity index (χ0n) is 18.0. The number of aryl methyl sites for hydroxylation is 1. The number of aromatic hydroxyl groups is 1. The van der Waals surface area contributed by atoms with Crippen molar-refractivity contribution in [2.24, 2.45) is 0 Å². The van der Waals surface area contributed by atoms with Crippen LogP contribution in [0.4, 0.5) is 14.5 Å². The van der Waals surface area contributed by atoms with E-state index in [1.807, 2.05) is 18.2 Å². The molecule has 0 radical (unpaired) electrons. The highest BCUT2D eigenvalue weighted by Gasteiger charge is 2.38. The average Bonchev–Trinajstić information content (AvgIpc) is 2.97. The number of carbonyl (C=O) groups is 2. The molecule has 2 aliphatic rings. The lowest BCUT2D eigenvalue weighted by Crippen LogP contribution is -2.45. The number of para-hydroxylation sites is 1. The van der Waals surface area contributed by atoms with E-state index in [0.29, 0.717) is 23.5 Å². The van der Waals surface area contributed by atoms with Crippen LogP contribution in [0.5, 0.6) is 5.75 Å². The fourth-order valence-electron chi connectivity index (χ4n) is 4.28. The molecular formula is C24H19F2N3O4S. The molecule has 7 nitrogen and oxygen atoms in total. The smallest absolute Gasteiger partial charge is 0.279 e. The molecule has 1 atom stereocenters. The van der Waals surface area contributed by atoms with E-state index >= 15 is 0 Å². The molecule has 2 aliphatic heterocycles. The van der Waals surface area contributed by atoms with Gasteiger partial charge in [-0.25, -0.2) is 8.78 Å². The Balaban J connectivity index is 1.50. The topological polar surface area (TPSA) is 91.6 Å². The second kappa shape index (κ2) is 8.28. The van der Waals surface area contributed by atoms with Crippen molar-refractivity contribution in [1.82, 2.24) is 9.88 Å². The number of hydrogen-bond donors (Lipinski definition) is 2. The molecule has 2 bridgehead atoms. The molecule has 5 rings (SSSR count). The first-order valence-electron chi connectivity index (χ1n) is 10.5. The molecule has 0 aliphatic carbocycles. The van der Waals surface area contributed by atoms with Gasteiger partial charge in [-0.1, -0.05) is 12.1 Å². The Bertz CT molecular complexity index is 1400. The van der Waals surface area contributed by atoms with Crippen molar-refractivity contribution in [3.63, 3.8) is 0 Å². The quantitative estimate of drug-likeness (QED) is 0.596. The molecule has 174 valence electrons. The fourth-order valence-corrected chi connectivity index (χ4v) is 5.42. The minimum absolute atomic E-state index is 0.189. The third-order valence-corrected chi connectivity index (χ3v) is 7.20. The van der Waals surface area contributed by atoms with E-state index in [0.717, 1.165) is 17.0 Å². The Morgan fingerprint density at radius 1 is 1.21 bits per heavy atom. The van der Waals surface area contributed by atoms with Crippen molar-refractivity contribution < 1.29 is 23.5 Å². The van der Waals surface area contributed by atoms with Crippen LogP contribution >= 0.6 is 11.8 Å².